The molecular formula is C17H17FN4. The van der Waals surface area contributed by atoms with Crippen LogP contribution in [0.3, 0.4) is 0 Å². The zero-order valence-electron chi connectivity index (χ0n) is 12.2. The molecule has 1 aromatic carbocycles. The van der Waals surface area contributed by atoms with E-state index < -0.39 is 0 Å². The van der Waals surface area contributed by atoms with Gasteiger partial charge in [0.15, 0.2) is 0 Å². The monoisotopic (exact) mass is 296 g/mol. The third kappa shape index (κ3) is 2.43. The van der Waals surface area contributed by atoms with Crippen LogP contribution in [0.4, 0.5) is 10.3 Å². The Morgan fingerprint density at radius 1 is 1.09 bits per heavy atom. The van der Waals surface area contributed by atoms with Gasteiger partial charge in [0.2, 0.25) is 5.95 Å². The van der Waals surface area contributed by atoms with Crippen molar-refractivity contribution >= 4 is 11.5 Å². The Morgan fingerprint density at radius 3 is 2.64 bits per heavy atom. The predicted octanol–water partition coefficient (Wildman–Crippen LogP) is 3.89. The second-order valence-electron chi connectivity index (χ2n) is 5.77. The number of nitrogens with one attached hydrogen (secondary N) is 1. The predicted molar refractivity (Wildman–Crippen MR) is 84.3 cm³/mol. The van der Waals surface area contributed by atoms with E-state index in [9.17, 15) is 4.39 Å². The molecule has 2 heterocycles. The lowest BCUT2D eigenvalue weighted by Gasteiger charge is -2.12. The highest BCUT2D eigenvalue weighted by atomic mass is 19.1. The van der Waals surface area contributed by atoms with Crippen LogP contribution < -0.4 is 5.32 Å². The van der Waals surface area contributed by atoms with E-state index in [4.69, 9.17) is 0 Å². The van der Waals surface area contributed by atoms with Crippen LogP contribution in [0, 0.1) is 5.82 Å². The van der Waals surface area contributed by atoms with Gasteiger partial charge in [0.25, 0.3) is 0 Å². The number of aromatic nitrogens is 3. The first-order valence-electron chi connectivity index (χ1n) is 7.67. The molecule has 0 bridgehead atoms. The minimum atomic E-state index is -0.238. The molecule has 0 saturated heterocycles. The smallest absolute Gasteiger partial charge is 0.224 e. The van der Waals surface area contributed by atoms with Gasteiger partial charge < -0.3 is 5.32 Å². The van der Waals surface area contributed by atoms with Gasteiger partial charge in [0.1, 0.15) is 5.82 Å². The van der Waals surface area contributed by atoms with Gasteiger partial charge in [-0.1, -0.05) is 12.8 Å². The normalized spacial score (nSPS) is 15.5. The molecule has 2 aromatic heterocycles. The molecule has 1 aliphatic carbocycles. The number of anilines is 1. The standard InChI is InChI=1S/C17H17FN4/c18-13-7-5-12(6-8-13)16-11-15-9-10-19-17(22(15)21-16)20-14-3-1-2-4-14/h5-11,14H,1-4H2,(H,19,20). The van der Waals surface area contributed by atoms with Gasteiger partial charge in [-0.3, -0.25) is 0 Å². The summed E-state index contributed by atoms with van der Waals surface area (Å²) in [6, 6.07) is 10.8. The Balaban J connectivity index is 1.72. The number of benzene rings is 1. The number of nitrogens with zero attached hydrogens (tertiary/aromatic N) is 3. The molecule has 1 aliphatic rings. The van der Waals surface area contributed by atoms with Gasteiger partial charge in [-0.05, 0) is 49.2 Å². The molecule has 1 saturated carbocycles. The molecule has 4 rings (SSSR count). The van der Waals surface area contributed by atoms with Crippen LogP contribution in [0.2, 0.25) is 0 Å². The number of fused-ring (bicyclic) bond motifs is 1. The lowest BCUT2D eigenvalue weighted by atomic mass is 10.1. The van der Waals surface area contributed by atoms with Crippen molar-refractivity contribution in [3.63, 3.8) is 0 Å². The highest BCUT2D eigenvalue weighted by Crippen LogP contribution is 2.24. The summed E-state index contributed by atoms with van der Waals surface area (Å²) in [5, 5.41) is 8.11. The molecule has 0 amide bonds. The van der Waals surface area contributed by atoms with Gasteiger partial charge in [0, 0.05) is 17.8 Å². The molecule has 0 radical (unpaired) electrons. The third-order valence-corrected chi connectivity index (χ3v) is 4.21. The van der Waals surface area contributed by atoms with E-state index in [1.165, 1.54) is 37.8 Å². The van der Waals surface area contributed by atoms with Crippen molar-refractivity contribution in [2.75, 3.05) is 5.32 Å². The highest BCUT2D eigenvalue weighted by molar-refractivity contribution is 5.66. The van der Waals surface area contributed by atoms with E-state index in [1.54, 1.807) is 18.3 Å². The van der Waals surface area contributed by atoms with Crippen molar-refractivity contribution in [3.05, 3.63) is 48.4 Å². The zero-order valence-corrected chi connectivity index (χ0v) is 12.2. The molecule has 1 N–H and O–H groups in total. The van der Waals surface area contributed by atoms with Crippen LogP contribution in [0.25, 0.3) is 16.8 Å². The van der Waals surface area contributed by atoms with Crippen molar-refractivity contribution in [1.29, 1.82) is 0 Å². The molecule has 0 aliphatic heterocycles. The molecule has 5 heteroatoms. The average Bonchev–Trinajstić information content (AvgIpc) is 3.17. The highest BCUT2D eigenvalue weighted by Gasteiger charge is 2.17. The van der Waals surface area contributed by atoms with Gasteiger partial charge in [-0.2, -0.15) is 9.61 Å². The molecule has 4 nitrogen and oxygen atoms in total. The fourth-order valence-corrected chi connectivity index (χ4v) is 3.04. The molecule has 112 valence electrons. The van der Waals surface area contributed by atoms with E-state index in [-0.39, 0.29) is 5.82 Å². The Kier molecular flexibility index (Phi) is 3.25. The first-order chi connectivity index (χ1) is 10.8. The SMILES string of the molecule is Fc1ccc(-c2cc3ccnc(NC4CCCC4)n3n2)cc1. The lowest BCUT2D eigenvalue weighted by molar-refractivity contribution is 0.628. The maximum Gasteiger partial charge on any atom is 0.224 e. The quantitative estimate of drug-likeness (QED) is 0.797. The lowest BCUT2D eigenvalue weighted by Crippen LogP contribution is -2.18. The van der Waals surface area contributed by atoms with E-state index in [1.807, 2.05) is 16.6 Å². The van der Waals surface area contributed by atoms with Crippen LogP contribution >= 0.6 is 0 Å². The third-order valence-electron chi connectivity index (χ3n) is 4.21. The second-order valence-corrected chi connectivity index (χ2v) is 5.77. The van der Waals surface area contributed by atoms with Crippen LogP contribution in [0.5, 0.6) is 0 Å². The number of hydrogen-bond donors (Lipinski definition) is 1. The zero-order chi connectivity index (χ0) is 14.9. The molecular weight excluding hydrogens is 279 g/mol. The Morgan fingerprint density at radius 2 is 1.86 bits per heavy atom. The van der Waals surface area contributed by atoms with Crippen molar-refractivity contribution in [2.24, 2.45) is 0 Å². The summed E-state index contributed by atoms with van der Waals surface area (Å²) in [4.78, 5) is 4.42. The Hall–Kier alpha value is -2.43. The fraction of sp³-hybridized carbons (Fsp3) is 0.294. The van der Waals surface area contributed by atoms with Gasteiger partial charge in [-0.25, -0.2) is 9.37 Å². The summed E-state index contributed by atoms with van der Waals surface area (Å²) >= 11 is 0. The summed E-state index contributed by atoms with van der Waals surface area (Å²) in [6.07, 6.45) is 6.71. The van der Waals surface area contributed by atoms with Gasteiger partial charge in [-0.15, -0.1) is 0 Å². The van der Waals surface area contributed by atoms with Crippen molar-refractivity contribution < 1.29 is 4.39 Å². The number of rotatable bonds is 3. The minimum absolute atomic E-state index is 0.238. The maximum absolute atomic E-state index is 13.1. The molecule has 0 spiro atoms. The summed E-state index contributed by atoms with van der Waals surface area (Å²) in [6.45, 7) is 0. The van der Waals surface area contributed by atoms with Crippen molar-refractivity contribution in [1.82, 2.24) is 14.6 Å². The largest absolute Gasteiger partial charge is 0.351 e. The Bertz CT molecular complexity index is 788. The first kappa shape index (κ1) is 13.2. The van der Waals surface area contributed by atoms with Crippen molar-refractivity contribution in [3.8, 4) is 11.3 Å². The van der Waals surface area contributed by atoms with Crippen LogP contribution in [0.1, 0.15) is 25.7 Å². The van der Waals surface area contributed by atoms with E-state index in [0.29, 0.717) is 6.04 Å². The number of hydrogen-bond acceptors (Lipinski definition) is 3. The summed E-state index contributed by atoms with van der Waals surface area (Å²) in [5.41, 5.74) is 2.70. The fourth-order valence-electron chi connectivity index (χ4n) is 3.04. The maximum atomic E-state index is 13.1. The minimum Gasteiger partial charge on any atom is -0.351 e. The molecule has 22 heavy (non-hydrogen) atoms. The first-order valence-corrected chi connectivity index (χ1v) is 7.67. The summed E-state index contributed by atoms with van der Waals surface area (Å²) < 4.78 is 14.9. The summed E-state index contributed by atoms with van der Waals surface area (Å²) in [7, 11) is 0. The van der Waals surface area contributed by atoms with Crippen LogP contribution in [-0.4, -0.2) is 20.6 Å². The van der Waals surface area contributed by atoms with Crippen molar-refractivity contribution in [2.45, 2.75) is 31.7 Å². The molecule has 1 fully saturated rings. The van der Waals surface area contributed by atoms with Gasteiger partial charge in [0.05, 0.1) is 11.2 Å². The van der Waals surface area contributed by atoms with Crippen LogP contribution in [-0.2, 0) is 0 Å². The topological polar surface area (TPSA) is 42.2 Å². The van der Waals surface area contributed by atoms with E-state index in [2.05, 4.69) is 15.4 Å². The average molecular weight is 296 g/mol. The van der Waals surface area contributed by atoms with Gasteiger partial charge >= 0.3 is 0 Å². The Labute approximate surface area is 128 Å². The molecule has 0 unspecified atom stereocenters. The van der Waals surface area contributed by atoms with Crippen LogP contribution in [0.15, 0.2) is 42.6 Å². The number of halogens is 1. The molecule has 0 atom stereocenters. The van der Waals surface area contributed by atoms with E-state index >= 15 is 0 Å². The summed E-state index contributed by atoms with van der Waals surface area (Å²) in [5.74, 6) is 0.538. The second kappa shape index (κ2) is 5.40. The molecule has 3 aromatic rings. The van der Waals surface area contributed by atoms with E-state index in [0.717, 1.165) is 22.7 Å².